The fourth-order valence-electron chi connectivity index (χ4n) is 4.24. The van der Waals surface area contributed by atoms with Crippen molar-refractivity contribution in [3.05, 3.63) is 52.3 Å². The first-order valence-corrected chi connectivity index (χ1v) is 11.3. The number of esters is 1. The number of hydrogen-bond acceptors (Lipinski definition) is 7. The molecule has 0 saturated carbocycles. The van der Waals surface area contributed by atoms with E-state index in [2.05, 4.69) is 15.3 Å². The van der Waals surface area contributed by atoms with Crippen molar-refractivity contribution in [1.82, 2.24) is 19.8 Å². The average molecular weight is 489 g/mol. The molecule has 1 fully saturated rings. The predicted molar refractivity (Wildman–Crippen MR) is 121 cm³/mol. The lowest BCUT2D eigenvalue weighted by atomic mass is 9.95. The highest BCUT2D eigenvalue weighted by Crippen LogP contribution is 2.29. The van der Waals surface area contributed by atoms with Crippen molar-refractivity contribution in [3.63, 3.8) is 0 Å². The molecule has 0 N–H and O–H groups in total. The lowest BCUT2D eigenvalue weighted by Crippen LogP contribution is -2.39. The number of nitrogens with zero attached hydrogens (tertiary/aromatic N) is 5. The number of halogens is 3. The first kappa shape index (κ1) is 24.6. The van der Waals surface area contributed by atoms with Crippen LogP contribution in [0.15, 0.2) is 24.3 Å². The normalized spacial score (nSPS) is 15.9. The highest BCUT2D eigenvalue weighted by atomic mass is 19.4. The van der Waals surface area contributed by atoms with Crippen LogP contribution in [-0.2, 0) is 15.7 Å². The Labute approximate surface area is 200 Å². The molecule has 1 unspecified atom stereocenters. The third-order valence-electron chi connectivity index (χ3n) is 6.42. The number of piperidine rings is 1. The van der Waals surface area contributed by atoms with Gasteiger partial charge in [0.05, 0.1) is 5.92 Å². The van der Waals surface area contributed by atoms with Gasteiger partial charge in [-0.2, -0.15) is 17.7 Å². The molecule has 1 saturated heterocycles. The lowest BCUT2D eigenvalue weighted by Gasteiger charge is -2.32. The highest BCUT2D eigenvalue weighted by molar-refractivity contribution is 6.01. The van der Waals surface area contributed by atoms with Crippen molar-refractivity contribution < 1.29 is 27.5 Å². The molecule has 35 heavy (non-hydrogen) atoms. The molecule has 186 valence electrons. The van der Waals surface area contributed by atoms with E-state index >= 15 is 0 Å². The van der Waals surface area contributed by atoms with E-state index in [-0.39, 0.29) is 11.4 Å². The zero-order valence-corrected chi connectivity index (χ0v) is 19.9. The van der Waals surface area contributed by atoms with Crippen LogP contribution in [0.25, 0.3) is 5.65 Å². The Balaban J connectivity index is 1.38. The summed E-state index contributed by atoms with van der Waals surface area (Å²) in [6, 6.07) is 6.76. The van der Waals surface area contributed by atoms with Crippen LogP contribution in [0.3, 0.4) is 0 Å². The second kappa shape index (κ2) is 9.27. The van der Waals surface area contributed by atoms with Crippen molar-refractivity contribution >= 4 is 23.2 Å². The fraction of sp³-hybridized carbons (Fsp3) is 0.458. The maximum atomic E-state index is 13.1. The standard InChI is InChI=1S/C24H26F3N5O3/c1-13-11-15(3)18(12-14(13)2)21(33)16(4)35-22(34)17-7-9-31(10-8-17)20-6-5-19-28-29-23(24(25,26)27)32(19)30-20/h5-6,11-12,16-17H,7-10H2,1-4H3. The predicted octanol–water partition coefficient (Wildman–Crippen LogP) is 4.10. The summed E-state index contributed by atoms with van der Waals surface area (Å²) < 4.78 is 45.6. The molecule has 1 atom stereocenters. The number of hydrogen-bond donors (Lipinski definition) is 0. The Morgan fingerprint density at radius 3 is 2.34 bits per heavy atom. The first-order chi connectivity index (χ1) is 16.5. The van der Waals surface area contributed by atoms with Gasteiger partial charge in [-0.1, -0.05) is 6.07 Å². The molecule has 0 bridgehead atoms. The molecule has 3 heterocycles. The van der Waals surface area contributed by atoms with Crippen LogP contribution < -0.4 is 4.90 Å². The van der Waals surface area contributed by atoms with Gasteiger partial charge in [0.1, 0.15) is 5.82 Å². The minimum Gasteiger partial charge on any atom is -0.454 e. The Bertz CT molecular complexity index is 1280. The second-order valence-electron chi connectivity index (χ2n) is 8.94. The van der Waals surface area contributed by atoms with E-state index in [1.807, 2.05) is 32.9 Å². The molecule has 4 rings (SSSR count). The van der Waals surface area contributed by atoms with Gasteiger partial charge in [0.25, 0.3) is 5.82 Å². The minimum atomic E-state index is -4.67. The maximum absolute atomic E-state index is 13.1. The summed E-state index contributed by atoms with van der Waals surface area (Å²) in [7, 11) is 0. The molecule has 11 heteroatoms. The van der Waals surface area contributed by atoms with Crippen molar-refractivity contribution in [1.29, 1.82) is 0 Å². The summed E-state index contributed by atoms with van der Waals surface area (Å²) in [4.78, 5) is 27.4. The molecule has 1 aliphatic rings. The number of carbonyl (C=O) groups is 2. The SMILES string of the molecule is Cc1cc(C)c(C(=O)C(C)OC(=O)C2CCN(c3ccc4nnc(C(F)(F)F)n4n3)CC2)cc1C. The molecule has 1 aliphatic heterocycles. The molecule has 0 radical (unpaired) electrons. The van der Waals surface area contributed by atoms with Crippen LogP contribution in [0.2, 0.25) is 0 Å². The zero-order chi connectivity index (χ0) is 25.5. The van der Waals surface area contributed by atoms with E-state index in [9.17, 15) is 22.8 Å². The number of benzene rings is 1. The highest BCUT2D eigenvalue weighted by Gasteiger charge is 2.38. The molecule has 0 spiro atoms. The quantitative estimate of drug-likeness (QED) is 0.394. The number of alkyl halides is 3. The Kier molecular flexibility index (Phi) is 6.52. The van der Waals surface area contributed by atoms with E-state index in [4.69, 9.17) is 4.74 Å². The van der Waals surface area contributed by atoms with Crippen molar-refractivity contribution in [3.8, 4) is 0 Å². The molecule has 8 nitrogen and oxygen atoms in total. The number of carbonyl (C=O) groups excluding carboxylic acids is 2. The van der Waals surface area contributed by atoms with Crippen molar-refractivity contribution in [2.45, 2.75) is 52.8 Å². The Morgan fingerprint density at radius 2 is 1.69 bits per heavy atom. The molecule has 0 amide bonds. The smallest absolute Gasteiger partial charge is 0.453 e. The largest absolute Gasteiger partial charge is 0.454 e. The van der Waals surface area contributed by atoms with Gasteiger partial charge in [-0.3, -0.25) is 9.59 Å². The third kappa shape index (κ3) is 4.98. The van der Waals surface area contributed by atoms with Gasteiger partial charge in [-0.05, 0) is 75.4 Å². The molecule has 1 aromatic carbocycles. The molecular weight excluding hydrogens is 463 g/mol. The summed E-state index contributed by atoms with van der Waals surface area (Å²) in [6.45, 7) is 8.13. The number of ether oxygens (including phenoxy) is 1. The van der Waals surface area contributed by atoms with Gasteiger partial charge < -0.3 is 9.64 Å². The van der Waals surface area contributed by atoms with Crippen LogP contribution >= 0.6 is 0 Å². The maximum Gasteiger partial charge on any atom is 0.453 e. The first-order valence-electron chi connectivity index (χ1n) is 11.3. The van der Waals surface area contributed by atoms with Crippen LogP contribution in [-0.4, -0.2) is 50.8 Å². The number of Topliss-reactive ketones (excluding diaryl/α,β-unsaturated/α-hetero) is 1. The summed E-state index contributed by atoms with van der Waals surface area (Å²) in [5, 5.41) is 10.8. The van der Waals surface area contributed by atoms with Crippen LogP contribution in [0, 0.1) is 26.7 Å². The Hall–Kier alpha value is -3.50. The summed E-state index contributed by atoms with van der Waals surface area (Å²) >= 11 is 0. The summed E-state index contributed by atoms with van der Waals surface area (Å²) in [6.07, 6.45) is -4.74. The number of ketones is 1. The zero-order valence-electron chi connectivity index (χ0n) is 19.9. The van der Waals surface area contributed by atoms with Gasteiger partial charge in [-0.25, -0.2) is 0 Å². The third-order valence-corrected chi connectivity index (χ3v) is 6.42. The topological polar surface area (TPSA) is 89.7 Å². The molecular formula is C24H26F3N5O3. The van der Waals surface area contributed by atoms with E-state index in [0.29, 0.717) is 41.8 Å². The van der Waals surface area contributed by atoms with Crippen LogP contribution in [0.1, 0.15) is 52.6 Å². The van der Waals surface area contributed by atoms with Gasteiger partial charge >= 0.3 is 12.1 Å². The van der Waals surface area contributed by atoms with E-state index in [1.165, 1.54) is 6.07 Å². The number of anilines is 1. The fourth-order valence-corrected chi connectivity index (χ4v) is 4.24. The average Bonchev–Trinajstić information content (AvgIpc) is 3.25. The molecule has 3 aromatic rings. The van der Waals surface area contributed by atoms with Gasteiger partial charge in [0.15, 0.2) is 11.8 Å². The minimum absolute atomic E-state index is 0.00259. The lowest BCUT2D eigenvalue weighted by molar-refractivity contribution is -0.152. The van der Waals surface area contributed by atoms with Crippen LogP contribution in [0.4, 0.5) is 19.0 Å². The number of aryl methyl sites for hydroxylation is 3. The van der Waals surface area contributed by atoms with E-state index in [0.717, 1.165) is 16.7 Å². The second-order valence-corrected chi connectivity index (χ2v) is 8.94. The van der Waals surface area contributed by atoms with E-state index < -0.39 is 30.0 Å². The van der Waals surface area contributed by atoms with Crippen LogP contribution in [0.5, 0.6) is 0 Å². The summed E-state index contributed by atoms with van der Waals surface area (Å²) in [5.74, 6) is -1.96. The van der Waals surface area contributed by atoms with E-state index in [1.54, 1.807) is 17.9 Å². The molecule has 2 aromatic heterocycles. The number of rotatable bonds is 5. The number of aromatic nitrogens is 4. The van der Waals surface area contributed by atoms with Crippen molar-refractivity contribution in [2.24, 2.45) is 5.92 Å². The number of fused-ring (bicyclic) bond motifs is 1. The van der Waals surface area contributed by atoms with Gasteiger partial charge in [0.2, 0.25) is 5.78 Å². The van der Waals surface area contributed by atoms with Gasteiger partial charge in [-0.15, -0.1) is 15.3 Å². The molecule has 0 aliphatic carbocycles. The summed E-state index contributed by atoms with van der Waals surface area (Å²) in [5.41, 5.74) is 3.45. The monoisotopic (exact) mass is 489 g/mol. The Morgan fingerprint density at radius 1 is 1.03 bits per heavy atom. The van der Waals surface area contributed by atoms with Gasteiger partial charge in [0, 0.05) is 18.7 Å². The van der Waals surface area contributed by atoms with Crippen molar-refractivity contribution in [2.75, 3.05) is 18.0 Å².